The summed E-state index contributed by atoms with van der Waals surface area (Å²) in [6.45, 7) is 0.111. The normalized spacial score (nSPS) is 10.4. The Bertz CT molecular complexity index is 840. The third-order valence-electron chi connectivity index (χ3n) is 2.88. The highest BCUT2D eigenvalue weighted by atomic mass is 16.6. The number of para-hydroxylation sites is 1. The summed E-state index contributed by atoms with van der Waals surface area (Å²) in [6, 6.07) is 10.6. The van der Waals surface area contributed by atoms with E-state index in [1.54, 1.807) is 24.4 Å². The van der Waals surface area contributed by atoms with Gasteiger partial charge in [0.25, 0.3) is 5.91 Å². The first-order valence-corrected chi connectivity index (χ1v) is 6.55. The number of aromatic nitrogens is 5. The molecular weight excluding hydrogens is 302 g/mol. The summed E-state index contributed by atoms with van der Waals surface area (Å²) < 4.78 is 2.68. The number of carbonyl (C=O) groups excluding carboxylic acids is 1. The molecule has 10 nitrogen and oxygen atoms in total. The van der Waals surface area contributed by atoms with Crippen molar-refractivity contribution in [2.45, 2.75) is 6.67 Å². The number of rotatable bonds is 5. The van der Waals surface area contributed by atoms with Gasteiger partial charge in [-0.2, -0.15) is 9.78 Å². The molecule has 1 N–H and O–H groups in total. The van der Waals surface area contributed by atoms with Crippen LogP contribution in [-0.4, -0.2) is 35.4 Å². The summed E-state index contributed by atoms with van der Waals surface area (Å²) in [6.07, 6.45) is 2.80. The molecule has 0 saturated heterocycles. The summed E-state index contributed by atoms with van der Waals surface area (Å²) >= 11 is 0. The average molecular weight is 313 g/mol. The van der Waals surface area contributed by atoms with Crippen molar-refractivity contribution < 1.29 is 9.72 Å². The third-order valence-corrected chi connectivity index (χ3v) is 2.88. The van der Waals surface area contributed by atoms with Crippen molar-refractivity contribution in [3.8, 4) is 0 Å². The number of nitrogens with one attached hydrogen (secondary N) is 1. The van der Waals surface area contributed by atoms with Gasteiger partial charge in [0.15, 0.2) is 12.4 Å². The van der Waals surface area contributed by atoms with E-state index in [1.165, 1.54) is 15.7 Å². The molecule has 3 rings (SSSR count). The van der Waals surface area contributed by atoms with E-state index < -0.39 is 10.9 Å². The Kier molecular flexibility index (Phi) is 3.78. The highest BCUT2D eigenvalue weighted by molar-refractivity contribution is 6.02. The first-order valence-electron chi connectivity index (χ1n) is 6.55. The van der Waals surface area contributed by atoms with Crippen LogP contribution in [0.2, 0.25) is 0 Å². The van der Waals surface area contributed by atoms with Gasteiger partial charge < -0.3 is 15.4 Å². The largest absolute Gasteiger partial charge is 0.491 e. The fourth-order valence-corrected chi connectivity index (χ4v) is 1.86. The van der Waals surface area contributed by atoms with Gasteiger partial charge in [0.1, 0.15) is 0 Å². The van der Waals surface area contributed by atoms with Crippen molar-refractivity contribution in [1.82, 2.24) is 24.5 Å². The van der Waals surface area contributed by atoms with E-state index in [1.807, 2.05) is 18.2 Å². The van der Waals surface area contributed by atoms with Crippen molar-refractivity contribution in [1.29, 1.82) is 0 Å². The van der Waals surface area contributed by atoms with E-state index in [0.29, 0.717) is 5.69 Å². The number of nitro groups is 1. The molecule has 0 aliphatic carbocycles. The zero-order chi connectivity index (χ0) is 16.2. The lowest BCUT2D eigenvalue weighted by Crippen LogP contribution is -2.15. The maximum absolute atomic E-state index is 12.1. The van der Waals surface area contributed by atoms with Crippen LogP contribution < -0.4 is 5.32 Å². The predicted octanol–water partition coefficient (Wildman–Crippen LogP) is 1.14. The van der Waals surface area contributed by atoms with Gasteiger partial charge in [-0.25, -0.2) is 4.68 Å². The molecule has 0 bridgehead atoms. The molecule has 0 aliphatic rings. The lowest BCUT2D eigenvalue weighted by atomic mass is 10.3. The van der Waals surface area contributed by atoms with Crippen LogP contribution in [0.5, 0.6) is 0 Å². The number of anilines is 1. The molecule has 0 atom stereocenters. The van der Waals surface area contributed by atoms with E-state index in [9.17, 15) is 14.9 Å². The first-order chi connectivity index (χ1) is 11.1. The van der Waals surface area contributed by atoms with Gasteiger partial charge >= 0.3 is 5.95 Å². The minimum absolute atomic E-state index is 0.111. The Morgan fingerprint density at radius 3 is 2.65 bits per heavy atom. The van der Waals surface area contributed by atoms with Crippen molar-refractivity contribution >= 4 is 17.5 Å². The molecule has 0 spiro atoms. The molecule has 0 unspecified atom stereocenters. The molecule has 3 aromatic rings. The van der Waals surface area contributed by atoms with Crippen LogP contribution in [0.3, 0.4) is 0 Å². The number of nitrogens with zero attached hydrogens (tertiary/aromatic N) is 6. The van der Waals surface area contributed by atoms with E-state index in [4.69, 9.17) is 0 Å². The number of benzene rings is 1. The SMILES string of the molecule is O=C(Nc1ccccc1)c1ccn(Cn2cnc([N+](=O)[O-])n2)n1. The molecule has 1 amide bonds. The van der Waals surface area contributed by atoms with Crippen LogP contribution in [0.15, 0.2) is 48.9 Å². The number of hydrogen-bond acceptors (Lipinski definition) is 6. The molecule has 23 heavy (non-hydrogen) atoms. The Morgan fingerprint density at radius 2 is 1.96 bits per heavy atom. The second kappa shape index (κ2) is 6.05. The Morgan fingerprint density at radius 1 is 1.17 bits per heavy atom. The molecule has 0 fully saturated rings. The van der Waals surface area contributed by atoms with Gasteiger partial charge in [0.2, 0.25) is 6.33 Å². The van der Waals surface area contributed by atoms with Crippen LogP contribution in [0.25, 0.3) is 0 Å². The van der Waals surface area contributed by atoms with Crippen molar-refractivity contribution in [3.63, 3.8) is 0 Å². The number of hydrogen-bond donors (Lipinski definition) is 1. The van der Waals surface area contributed by atoms with Crippen molar-refractivity contribution in [2.24, 2.45) is 0 Å². The van der Waals surface area contributed by atoms with Crippen LogP contribution in [0.1, 0.15) is 10.5 Å². The highest BCUT2D eigenvalue weighted by Gasteiger charge is 2.14. The van der Waals surface area contributed by atoms with Crippen molar-refractivity contribution in [2.75, 3.05) is 5.32 Å². The van der Waals surface area contributed by atoms with Gasteiger partial charge in [-0.1, -0.05) is 23.2 Å². The highest BCUT2D eigenvalue weighted by Crippen LogP contribution is 2.07. The zero-order valence-corrected chi connectivity index (χ0v) is 11.7. The monoisotopic (exact) mass is 313 g/mol. The molecule has 2 aromatic heterocycles. The second-order valence-electron chi connectivity index (χ2n) is 4.54. The molecular formula is C13H11N7O3. The van der Waals surface area contributed by atoms with Gasteiger partial charge in [0, 0.05) is 17.0 Å². The molecule has 10 heteroatoms. The summed E-state index contributed by atoms with van der Waals surface area (Å²) in [5.74, 6) is -0.835. The van der Waals surface area contributed by atoms with Crippen LogP contribution in [-0.2, 0) is 6.67 Å². The summed E-state index contributed by atoms with van der Waals surface area (Å²) in [5.41, 5.74) is 0.891. The van der Waals surface area contributed by atoms with Crippen LogP contribution in [0, 0.1) is 10.1 Å². The molecule has 0 aliphatic heterocycles. The average Bonchev–Trinajstić information content (AvgIpc) is 3.18. The summed E-state index contributed by atoms with van der Waals surface area (Å²) in [5, 5.41) is 21.0. The smallest absolute Gasteiger partial charge is 0.390 e. The topological polar surface area (TPSA) is 121 Å². The van der Waals surface area contributed by atoms with E-state index >= 15 is 0 Å². The fourth-order valence-electron chi connectivity index (χ4n) is 1.86. The molecule has 1 aromatic carbocycles. The number of amides is 1. The lowest BCUT2D eigenvalue weighted by molar-refractivity contribution is -0.394. The summed E-state index contributed by atoms with van der Waals surface area (Å²) in [4.78, 5) is 25.4. The molecule has 2 heterocycles. The van der Waals surface area contributed by atoms with Crippen LogP contribution >= 0.6 is 0 Å². The van der Waals surface area contributed by atoms with Gasteiger partial charge in [-0.3, -0.25) is 4.79 Å². The quantitative estimate of drug-likeness (QED) is 0.557. The lowest BCUT2D eigenvalue weighted by Gasteiger charge is -2.02. The van der Waals surface area contributed by atoms with Gasteiger partial charge in [0.05, 0.1) is 0 Å². The third kappa shape index (κ3) is 3.37. The molecule has 0 saturated carbocycles. The minimum Gasteiger partial charge on any atom is -0.390 e. The Hall–Kier alpha value is -3.56. The second-order valence-corrected chi connectivity index (χ2v) is 4.54. The standard InChI is InChI=1S/C13H11N7O3/c21-12(15-10-4-2-1-3-5-10)11-6-7-18(16-11)9-19-8-14-13(17-19)20(22)23/h1-8H,9H2,(H,15,21). The zero-order valence-electron chi connectivity index (χ0n) is 11.7. The Balaban J connectivity index is 1.67. The first kappa shape index (κ1) is 14.4. The maximum atomic E-state index is 12.1. The van der Waals surface area contributed by atoms with Crippen molar-refractivity contribution in [3.05, 3.63) is 64.7 Å². The molecule has 0 radical (unpaired) electrons. The van der Waals surface area contributed by atoms with E-state index in [-0.39, 0.29) is 18.3 Å². The maximum Gasteiger partial charge on any atom is 0.491 e. The van der Waals surface area contributed by atoms with E-state index in [2.05, 4.69) is 20.5 Å². The van der Waals surface area contributed by atoms with Crippen LogP contribution in [0.4, 0.5) is 11.6 Å². The molecule has 116 valence electrons. The van der Waals surface area contributed by atoms with Gasteiger partial charge in [-0.05, 0) is 23.1 Å². The fraction of sp³-hybridized carbons (Fsp3) is 0.0769. The number of carbonyl (C=O) groups is 1. The van der Waals surface area contributed by atoms with E-state index in [0.717, 1.165) is 0 Å². The van der Waals surface area contributed by atoms with Gasteiger partial charge in [-0.15, -0.1) is 0 Å². The predicted molar refractivity (Wildman–Crippen MR) is 78.7 cm³/mol. The summed E-state index contributed by atoms with van der Waals surface area (Å²) in [7, 11) is 0. The minimum atomic E-state index is -0.682. The Labute approximate surface area is 129 Å².